The Labute approximate surface area is 102 Å². The Morgan fingerprint density at radius 2 is 1.88 bits per heavy atom. The van der Waals surface area contributed by atoms with Gasteiger partial charge in [-0.1, -0.05) is 0 Å². The molecule has 1 aromatic rings. The molecule has 1 aromatic carbocycles. The predicted molar refractivity (Wildman–Crippen MR) is 67.2 cm³/mol. The van der Waals surface area contributed by atoms with Gasteiger partial charge in [-0.05, 0) is 44.0 Å². The standard InChI is InChI=1S/C11H18N2O3S/c1-7-4-10(12)11(5-8(7)2)17(15,16)13-9(3)6-14/h4-5,9,13-14H,6,12H2,1-3H3. The lowest BCUT2D eigenvalue weighted by Gasteiger charge is -2.14. The third-order valence-corrected chi connectivity index (χ3v) is 4.19. The lowest BCUT2D eigenvalue weighted by Crippen LogP contribution is -2.35. The second kappa shape index (κ2) is 5.03. The van der Waals surface area contributed by atoms with Crippen molar-refractivity contribution in [1.82, 2.24) is 4.72 Å². The molecule has 96 valence electrons. The van der Waals surface area contributed by atoms with Crippen molar-refractivity contribution in [2.24, 2.45) is 0 Å². The van der Waals surface area contributed by atoms with Gasteiger partial charge in [0.25, 0.3) is 0 Å². The van der Waals surface area contributed by atoms with E-state index >= 15 is 0 Å². The van der Waals surface area contributed by atoms with Crippen molar-refractivity contribution >= 4 is 15.7 Å². The van der Waals surface area contributed by atoms with Crippen LogP contribution in [-0.2, 0) is 10.0 Å². The maximum absolute atomic E-state index is 12.0. The Bertz CT molecular complexity index is 512. The van der Waals surface area contributed by atoms with E-state index in [0.717, 1.165) is 11.1 Å². The molecule has 1 atom stereocenters. The van der Waals surface area contributed by atoms with Gasteiger partial charge in [0.2, 0.25) is 10.0 Å². The van der Waals surface area contributed by atoms with Gasteiger partial charge in [-0.3, -0.25) is 0 Å². The molecule has 0 aliphatic carbocycles. The van der Waals surface area contributed by atoms with Crippen LogP contribution in [0.5, 0.6) is 0 Å². The number of nitrogens with two attached hydrogens (primary N) is 1. The second-order valence-corrected chi connectivity index (χ2v) is 5.86. The highest BCUT2D eigenvalue weighted by molar-refractivity contribution is 7.89. The molecule has 0 aliphatic rings. The largest absolute Gasteiger partial charge is 0.398 e. The van der Waals surface area contributed by atoms with Crippen molar-refractivity contribution in [3.8, 4) is 0 Å². The van der Waals surface area contributed by atoms with E-state index in [-0.39, 0.29) is 17.2 Å². The van der Waals surface area contributed by atoms with Crippen LogP contribution in [0.15, 0.2) is 17.0 Å². The van der Waals surface area contributed by atoms with Crippen molar-refractivity contribution in [3.05, 3.63) is 23.3 Å². The van der Waals surface area contributed by atoms with E-state index in [0.29, 0.717) is 0 Å². The Balaban J connectivity index is 3.20. The second-order valence-electron chi connectivity index (χ2n) is 4.18. The lowest BCUT2D eigenvalue weighted by atomic mass is 10.1. The molecular weight excluding hydrogens is 240 g/mol. The van der Waals surface area contributed by atoms with Gasteiger partial charge in [0.1, 0.15) is 4.90 Å². The zero-order valence-electron chi connectivity index (χ0n) is 10.2. The van der Waals surface area contributed by atoms with Crippen LogP contribution in [0.3, 0.4) is 0 Å². The van der Waals surface area contributed by atoms with Crippen LogP contribution in [0.1, 0.15) is 18.1 Å². The van der Waals surface area contributed by atoms with Crippen LogP contribution in [0, 0.1) is 13.8 Å². The molecule has 5 nitrogen and oxygen atoms in total. The summed E-state index contributed by atoms with van der Waals surface area (Å²) in [6.07, 6.45) is 0. The third kappa shape index (κ3) is 3.18. The number of aliphatic hydroxyl groups excluding tert-OH is 1. The number of nitrogens with one attached hydrogen (secondary N) is 1. The normalized spacial score (nSPS) is 13.6. The van der Waals surface area contributed by atoms with Crippen molar-refractivity contribution in [3.63, 3.8) is 0 Å². The minimum absolute atomic E-state index is 0.0564. The van der Waals surface area contributed by atoms with Gasteiger partial charge in [0, 0.05) is 6.04 Å². The molecule has 0 bridgehead atoms. The van der Waals surface area contributed by atoms with Crippen LogP contribution in [0.2, 0.25) is 0 Å². The van der Waals surface area contributed by atoms with E-state index in [1.165, 1.54) is 6.07 Å². The molecule has 17 heavy (non-hydrogen) atoms. The van der Waals surface area contributed by atoms with Crippen LogP contribution >= 0.6 is 0 Å². The first-order valence-corrected chi connectivity index (χ1v) is 6.76. The number of hydrogen-bond donors (Lipinski definition) is 3. The molecular formula is C11H18N2O3S. The Hall–Kier alpha value is -1.11. The zero-order valence-corrected chi connectivity index (χ0v) is 11.0. The number of aryl methyl sites for hydroxylation is 2. The fourth-order valence-electron chi connectivity index (χ4n) is 1.41. The topological polar surface area (TPSA) is 92.4 Å². The van der Waals surface area contributed by atoms with Gasteiger partial charge in [-0.15, -0.1) is 0 Å². The summed E-state index contributed by atoms with van der Waals surface area (Å²) in [4.78, 5) is 0.0564. The molecule has 0 fully saturated rings. The SMILES string of the molecule is Cc1cc(N)c(S(=O)(=O)NC(C)CO)cc1C. The number of rotatable bonds is 4. The quantitative estimate of drug-likeness (QED) is 0.687. The van der Waals surface area contributed by atoms with Crippen LogP contribution in [0.4, 0.5) is 5.69 Å². The molecule has 0 aliphatic heterocycles. The third-order valence-electron chi connectivity index (χ3n) is 2.55. The number of nitrogen functional groups attached to an aromatic ring is 1. The molecule has 0 amide bonds. The van der Waals surface area contributed by atoms with Crippen molar-refractivity contribution in [2.75, 3.05) is 12.3 Å². The molecule has 0 saturated carbocycles. The van der Waals surface area contributed by atoms with E-state index in [4.69, 9.17) is 10.8 Å². The van der Waals surface area contributed by atoms with Crippen LogP contribution < -0.4 is 10.5 Å². The van der Waals surface area contributed by atoms with E-state index in [9.17, 15) is 8.42 Å². The van der Waals surface area contributed by atoms with Crippen molar-refractivity contribution in [2.45, 2.75) is 31.7 Å². The number of sulfonamides is 1. The van der Waals surface area contributed by atoms with Gasteiger partial charge in [-0.25, -0.2) is 13.1 Å². The van der Waals surface area contributed by atoms with Crippen molar-refractivity contribution < 1.29 is 13.5 Å². The van der Waals surface area contributed by atoms with Crippen LogP contribution in [0.25, 0.3) is 0 Å². The summed E-state index contributed by atoms with van der Waals surface area (Å²) in [6.45, 7) is 5.01. The lowest BCUT2D eigenvalue weighted by molar-refractivity contribution is 0.265. The van der Waals surface area contributed by atoms with E-state index in [1.54, 1.807) is 13.0 Å². The minimum atomic E-state index is -3.68. The summed E-state index contributed by atoms with van der Waals surface area (Å²) in [6, 6.07) is 2.63. The number of hydrogen-bond acceptors (Lipinski definition) is 4. The highest BCUT2D eigenvalue weighted by atomic mass is 32.2. The monoisotopic (exact) mass is 258 g/mol. The summed E-state index contributed by atoms with van der Waals surface area (Å²) in [5, 5.41) is 8.85. The van der Waals surface area contributed by atoms with Crippen LogP contribution in [-0.4, -0.2) is 26.2 Å². The fourth-order valence-corrected chi connectivity index (χ4v) is 2.84. The molecule has 0 radical (unpaired) electrons. The Morgan fingerprint density at radius 3 is 2.41 bits per heavy atom. The summed E-state index contributed by atoms with van der Waals surface area (Å²) >= 11 is 0. The van der Waals surface area contributed by atoms with Gasteiger partial charge >= 0.3 is 0 Å². The fraction of sp³-hybridized carbons (Fsp3) is 0.455. The molecule has 0 aromatic heterocycles. The Kier molecular flexibility index (Phi) is 4.13. The summed E-state index contributed by atoms with van der Waals surface area (Å²) in [7, 11) is -3.68. The van der Waals surface area contributed by atoms with Gasteiger partial charge < -0.3 is 10.8 Å². The van der Waals surface area contributed by atoms with E-state index in [2.05, 4.69) is 4.72 Å². The van der Waals surface area contributed by atoms with Gasteiger partial charge in [0.05, 0.1) is 12.3 Å². The number of benzene rings is 1. The maximum Gasteiger partial charge on any atom is 0.242 e. The summed E-state index contributed by atoms with van der Waals surface area (Å²) < 4.78 is 26.3. The molecule has 0 spiro atoms. The molecule has 0 heterocycles. The molecule has 4 N–H and O–H groups in total. The first-order valence-electron chi connectivity index (χ1n) is 5.28. The highest BCUT2D eigenvalue weighted by Gasteiger charge is 2.20. The molecule has 1 rings (SSSR count). The van der Waals surface area contributed by atoms with Crippen molar-refractivity contribution in [1.29, 1.82) is 0 Å². The number of anilines is 1. The average molecular weight is 258 g/mol. The van der Waals surface area contributed by atoms with Gasteiger partial charge in [0.15, 0.2) is 0 Å². The first-order chi connectivity index (χ1) is 7.77. The van der Waals surface area contributed by atoms with E-state index < -0.39 is 16.1 Å². The number of aliphatic hydroxyl groups is 1. The minimum Gasteiger partial charge on any atom is -0.398 e. The smallest absolute Gasteiger partial charge is 0.242 e. The maximum atomic E-state index is 12.0. The first kappa shape index (κ1) is 14.0. The summed E-state index contributed by atoms with van der Waals surface area (Å²) in [5.74, 6) is 0. The molecule has 1 unspecified atom stereocenters. The predicted octanol–water partition coefficient (Wildman–Crippen LogP) is 0.545. The van der Waals surface area contributed by atoms with Gasteiger partial charge in [-0.2, -0.15) is 0 Å². The summed E-state index contributed by atoms with van der Waals surface area (Å²) in [5.41, 5.74) is 7.72. The zero-order chi connectivity index (χ0) is 13.2. The molecule has 6 heteroatoms. The average Bonchev–Trinajstić information content (AvgIpc) is 2.22. The Morgan fingerprint density at radius 1 is 1.35 bits per heavy atom. The molecule has 0 saturated heterocycles. The highest BCUT2D eigenvalue weighted by Crippen LogP contribution is 2.22. The van der Waals surface area contributed by atoms with E-state index in [1.807, 2.05) is 13.8 Å².